The molecule has 0 saturated carbocycles. The Morgan fingerprint density at radius 3 is 2.75 bits per heavy atom. The first kappa shape index (κ1) is 16.0. The second-order valence-electron chi connectivity index (χ2n) is 5.57. The molecule has 1 amide bonds. The van der Waals surface area contributed by atoms with E-state index in [4.69, 9.17) is 4.42 Å². The summed E-state index contributed by atoms with van der Waals surface area (Å²) in [6.07, 6.45) is 3.04. The number of hydrogen-bond donors (Lipinski definition) is 2. The average molecular weight is 325 g/mol. The SMILES string of the molecule is Cc1ccccc1-n1ncc(C(=O)NC(CO)c2ccco2)c1C. The topological polar surface area (TPSA) is 80.3 Å². The van der Waals surface area contributed by atoms with Crippen LogP contribution in [-0.4, -0.2) is 27.4 Å². The van der Waals surface area contributed by atoms with Gasteiger partial charge < -0.3 is 14.8 Å². The molecule has 0 radical (unpaired) electrons. The molecule has 6 heteroatoms. The van der Waals surface area contributed by atoms with E-state index in [0.29, 0.717) is 11.3 Å². The van der Waals surface area contributed by atoms with Crippen molar-refractivity contribution in [2.24, 2.45) is 0 Å². The summed E-state index contributed by atoms with van der Waals surface area (Å²) in [6, 6.07) is 10.7. The van der Waals surface area contributed by atoms with E-state index in [0.717, 1.165) is 16.9 Å². The number of rotatable bonds is 5. The molecule has 0 aliphatic carbocycles. The Hall–Kier alpha value is -2.86. The van der Waals surface area contributed by atoms with Crippen molar-refractivity contribution < 1.29 is 14.3 Å². The third-order valence-electron chi connectivity index (χ3n) is 3.97. The fourth-order valence-electron chi connectivity index (χ4n) is 2.61. The Labute approximate surface area is 139 Å². The summed E-state index contributed by atoms with van der Waals surface area (Å²) in [5.41, 5.74) is 3.19. The van der Waals surface area contributed by atoms with Crippen molar-refractivity contribution in [3.8, 4) is 5.69 Å². The highest BCUT2D eigenvalue weighted by Gasteiger charge is 2.21. The van der Waals surface area contributed by atoms with Gasteiger partial charge in [0.25, 0.3) is 5.91 Å². The van der Waals surface area contributed by atoms with Gasteiger partial charge in [-0.05, 0) is 37.6 Å². The van der Waals surface area contributed by atoms with Gasteiger partial charge in [-0.2, -0.15) is 5.10 Å². The van der Waals surface area contributed by atoms with Gasteiger partial charge in [-0.15, -0.1) is 0 Å². The molecule has 0 saturated heterocycles. The number of nitrogens with one attached hydrogen (secondary N) is 1. The van der Waals surface area contributed by atoms with E-state index in [1.54, 1.807) is 16.8 Å². The number of hydrogen-bond acceptors (Lipinski definition) is 4. The molecule has 2 N–H and O–H groups in total. The van der Waals surface area contributed by atoms with Gasteiger partial charge in [-0.1, -0.05) is 18.2 Å². The number of para-hydroxylation sites is 1. The van der Waals surface area contributed by atoms with Crippen LogP contribution >= 0.6 is 0 Å². The highest BCUT2D eigenvalue weighted by molar-refractivity contribution is 5.95. The van der Waals surface area contributed by atoms with E-state index >= 15 is 0 Å². The van der Waals surface area contributed by atoms with Gasteiger partial charge in [-0.3, -0.25) is 4.79 Å². The molecule has 1 atom stereocenters. The molecule has 2 aromatic heterocycles. The van der Waals surface area contributed by atoms with E-state index in [1.165, 1.54) is 12.5 Å². The maximum absolute atomic E-state index is 12.5. The number of aliphatic hydroxyl groups excluding tert-OH is 1. The summed E-state index contributed by atoms with van der Waals surface area (Å²) in [6.45, 7) is 3.59. The van der Waals surface area contributed by atoms with Crippen LogP contribution in [0.25, 0.3) is 5.69 Å². The maximum Gasteiger partial charge on any atom is 0.255 e. The summed E-state index contributed by atoms with van der Waals surface area (Å²) >= 11 is 0. The number of carbonyl (C=O) groups excluding carboxylic acids is 1. The highest BCUT2D eigenvalue weighted by Crippen LogP contribution is 2.19. The van der Waals surface area contributed by atoms with Crippen LogP contribution < -0.4 is 5.32 Å². The molecule has 124 valence electrons. The molecule has 24 heavy (non-hydrogen) atoms. The molecule has 0 bridgehead atoms. The van der Waals surface area contributed by atoms with Crippen LogP contribution in [0.1, 0.15) is 33.4 Å². The lowest BCUT2D eigenvalue weighted by Crippen LogP contribution is -2.30. The van der Waals surface area contributed by atoms with Crippen LogP contribution in [-0.2, 0) is 0 Å². The van der Waals surface area contributed by atoms with Crippen molar-refractivity contribution in [2.75, 3.05) is 6.61 Å². The van der Waals surface area contributed by atoms with Gasteiger partial charge in [0.05, 0.1) is 36.0 Å². The van der Waals surface area contributed by atoms with Crippen molar-refractivity contribution in [3.63, 3.8) is 0 Å². The first-order chi connectivity index (χ1) is 11.6. The van der Waals surface area contributed by atoms with Crippen molar-refractivity contribution in [1.82, 2.24) is 15.1 Å². The Kier molecular flexibility index (Phi) is 4.48. The number of benzene rings is 1. The quantitative estimate of drug-likeness (QED) is 0.755. The zero-order valence-corrected chi connectivity index (χ0v) is 13.6. The largest absolute Gasteiger partial charge is 0.467 e. The van der Waals surface area contributed by atoms with Crippen molar-refractivity contribution in [3.05, 3.63) is 71.4 Å². The van der Waals surface area contributed by atoms with Crippen LogP contribution in [0.2, 0.25) is 0 Å². The van der Waals surface area contributed by atoms with Crippen LogP contribution in [0.15, 0.2) is 53.3 Å². The Balaban J connectivity index is 1.85. The van der Waals surface area contributed by atoms with E-state index in [1.807, 2.05) is 38.1 Å². The van der Waals surface area contributed by atoms with Gasteiger partial charge >= 0.3 is 0 Å². The number of aryl methyl sites for hydroxylation is 1. The van der Waals surface area contributed by atoms with Crippen LogP contribution in [0.4, 0.5) is 0 Å². The van der Waals surface area contributed by atoms with Gasteiger partial charge in [-0.25, -0.2) is 4.68 Å². The molecule has 0 aliphatic rings. The molecule has 0 spiro atoms. The number of aliphatic hydroxyl groups is 1. The van der Waals surface area contributed by atoms with E-state index in [2.05, 4.69) is 10.4 Å². The predicted molar refractivity (Wildman–Crippen MR) is 89.0 cm³/mol. The molecule has 0 aliphatic heterocycles. The van der Waals surface area contributed by atoms with Gasteiger partial charge in [0.2, 0.25) is 0 Å². The third kappa shape index (κ3) is 2.96. The highest BCUT2D eigenvalue weighted by atomic mass is 16.3. The first-order valence-electron chi connectivity index (χ1n) is 7.67. The lowest BCUT2D eigenvalue weighted by molar-refractivity contribution is 0.0906. The Morgan fingerprint density at radius 1 is 1.29 bits per heavy atom. The number of nitrogens with zero attached hydrogens (tertiary/aromatic N) is 2. The monoisotopic (exact) mass is 325 g/mol. The number of amides is 1. The van der Waals surface area contributed by atoms with E-state index < -0.39 is 6.04 Å². The summed E-state index contributed by atoms with van der Waals surface area (Å²) in [4.78, 5) is 12.5. The molecule has 6 nitrogen and oxygen atoms in total. The van der Waals surface area contributed by atoms with Crippen LogP contribution in [0.5, 0.6) is 0 Å². The zero-order valence-electron chi connectivity index (χ0n) is 13.6. The van der Waals surface area contributed by atoms with Gasteiger partial charge in [0.1, 0.15) is 11.8 Å². The fourth-order valence-corrected chi connectivity index (χ4v) is 2.61. The standard InChI is InChI=1S/C18H19N3O3/c1-12-6-3-4-7-16(12)21-13(2)14(10-19-21)18(23)20-15(11-22)17-8-5-9-24-17/h3-10,15,22H,11H2,1-2H3,(H,20,23). The zero-order chi connectivity index (χ0) is 17.1. The summed E-state index contributed by atoms with van der Waals surface area (Å²) in [5, 5.41) is 16.6. The maximum atomic E-state index is 12.5. The van der Waals surface area contributed by atoms with Crippen molar-refractivity contribution >= 4 is 5.91 Å². The Morgan fingerprint density at radius 2 is 2.08 bits per heavy atom. The molecule has 0 fully saturated rings. The predicted octanol–water partition coefficient (Wildman–Crippen LogP) is 2.55. The molecule has 2 heterocycles. The van der Waals surface area contributed by atoms with Crippen molar-refractivity contribution in [1.29, 1.82) is 0 Å². The van der Waals surface area contributed by atoms with Crippen LogP contribution in [0, 0.1) is 13.8 Å². The van der Waals surface area contributed by atoms with Crippen molar-refractivity contribution in [2.45, 2.75) is 19.9 Å². The lowest BCUT2D eigenvalue weighted by Gasteiger charge is -2.14. The number of carbonyl (C=O) groups is 1. The molecule has 3 aromatic rings. The molecular weight excluding hydrogens is 306 g/mol. The third-order valence-corrected chi connectivity index (χ3v) is 3.97. The smallest absolute Gasteiger partial charge is 0.255 e. The normalized spacial score (nSPS) is 12.1. The minimum absolute atomic E-state index is 0.246. The minimum atomic E-state index is -0.589. The summed E-state index contributed by atoms with van der Waals surface area (Å²) < 4.78 is 6.99. The fraction of sp³-hybridized carbons (Fsp3) is 0.222. The molecule has 1 aromatic carbocycles. The van der Waals surface area contributed by atoms with E-state index in [-0.39, 0.29) is 12.5 Å². The van der Waals surface area contributed by atoms with Gasteiger partial charge in [0, 0.05) is 0 Å². The summed E-state index contributed by atoms with van der Waals surface area (Å²) in [5.74, 6) is 0.206. The van der Waals surface area contributed by atoms with Gasteiger partial charge in [0.15, 0.2) is 0 Å². The average Bonchev–Trinajstić information content (AvgIpc) is 3.23. The molecular formula is C18H19N3O3. The first-order valence-corrected chi connectivity index (χ1v) is 7.67. The second-order valence-corrected chi connectivity index (χ2v) is 5.57. The van der Waals surface area contributed by atoms with Crippen LogP contribution in [0.3, 0.4) is 0 Å². The lowest BCUT2D eigenvalue weighted by atomic mass is 10.1. The number of furan rings is 1. The molecule has 1 unspecified atom stereocenters. The summed E-state index contributed by atoms with van der Waals surface area (Å²) in [7, 11) is 0. The number of aromatic nitrogens is 2. The Bertz CT molecular complexity index is 837. The second kappa shape index (κ2) is 6.72. The van der Waals surface area contributed by atoms with E-state index in [9.17, 15) is 9.90 Å². The minimum Gasteiger partial charge on any atom is -0.467 e. The molecule has 3 rings (SSSR count).